The van der Waals surface area contributed by atoms with Crippen molar-refractivity contribution in [1.82, 2.24) is 9.80 Å². The van der Waals surface area contributed by atoms with Crippen LogP contribution in [0.25, 0.3) is 0 Å². The molecule has 4 heteroatoms. The van der Waals surface area contributed by atoms with E-state index in [4.69, 9.17) is 4.74 Å². The number of hydrogen-bond donors (Lipinski definition) is 0. The van der Waals surface area contributed by atoms with Gasteiger partial charge in [-0.1, -0.05) is 30.3 Å². The smallest absolute Gasteiger partial charge is 0.254 e. The molecule has 1 atom stereocenters. The van der Waals surface area contributed by atoms with Crippen molar-refractivity contribution in [2.24, 2.45) is 0 Å². The van der Waals surface area contributed by atoms with Crippen LogP contribution in [0.1, 0.15) is 37.7 Å². The highest BCUT2D eigenvalue weighted by Gasteiger charge is 2.60. The molecule has 3 aliphatic rings. The second-order valence-electron chi connectivity index (χ2n) is 7.56. The lowest BCUT2D eigenvalue weighted by molar-refractivity contribution is -0.190. The molecule has 4 nitrogen and oxygen atoms in total. The third kappa shape index (κ3) is 2.90. The van der Waals surface area contributed by atoms with Crippen molar-refractivity contribution in [2.75, 3.05) is 26.7 Å². The lowest BCUT2D eigenvalue weighted by atomic mass is 9.91. The molecule has 2 spiro atoms. The van der Waals surface area contributed by atoms with Crippen LogP contribution in [-0.4, -0.2) is 53.6 Å². The Morgan fingerprint density at radius 1 is 1.09 bits per heavy atom. The molecule has 1 saturated carbocycles. The molecule has 2 aliphatic heterocycles. The topological polar surface area (TPSA) is 32.8 Å². The Morgan fingerprint density at radius 2 is 1.87 bits per heavy atom. The molecule has 1 aromatic carbocycles. The predicted octanol–water partition coefficient (Wildman–Crippen LogP) is 2.43. The molecule has 2 heterocycles. The van der Waals surface area contributed by atoms with Crippen molar-refractivity contribution in [1.29, 1.82) is 0 Å². The summed E-state index contributed by atoms with van der Waals surface area (Å²) in [5.41, 5.74) is 0.797. The van der Waals surface area contributed by atoms with Gasteiger partial charge in [0.05, 0.1) is 5.60 Å². The molecule has 124 valence electrons. The van der Waals surface area contributed by atoms with E-state index in [1.807, 2.05) is 11.9 Å². The predicted molar refractivity (Wildman–Crippen MR) is 89.0 cm³/mol. The highest BCUT2D eigenvalue weighted by Crippen LogP contribution is 2.49. The number of nitrogens with zero attached hydrogens (tertiary/aromatic N) is 2. The number of benzene rings is 1. The number of carbonyl (C=O) groups excluding carboxylic acids is 1. The Morgan fingerprint density at radius 3 is 2.61 bits per heavy atom. The van der Waals surface area contributed by atoms with Gasteiger partial charge in [0.2, 0.25) is 0 Å². The molecule has 1 aromatic rings. The van der Waals surface area contributed by atoms with Crippen molar-refractivity contribution in [3.05, 3.63) is 35.9 Å². The van der Waals surface area contributed by atoms with Gasteiger partial charge in [0.15, 0.2) is 0 Å². The van der Waals surface area contributed by atoms with Crippen LogP contribution in [-0.2, 0) is 16.1 Å². The second kappa shape index (κ2) is 5.60. The zero-order chi connectivity index (χ0) is 15.9. The molecule has 4 rings (SSSR count). The van der Waals surface area contributed by atoms with Gasteiger partial charge in [-0.15, -0.1) is 0 Å². The second-order valence-corrected chi connectivity index (χ2v) is 7.56. The molecule has 23 heavy (non-hydrogen) atoms. The quantitative estimate of drug-likeness (QED) is 0.840. The van der Waals surface area contributed by atoms with E-state index in [1.165, 1.54) is 5.56 Å². The first-order valence-corrected chi connectivity index (χ1v) is 8.83. The Kier molecular flexibility index (Phi) is 3.69. The lowest BCUT2D eigenvalue weighted by Gasteiger charge is -2.45. The van der Waals surface area contributed by atoms with Crippen LogP contribution in [0.2, 0.25) is 0 Å². The number of carbonyl (C=O) groups is 1. The van der Waals surface area contributed by atoms with Gasteiger partial charge in [-0.05, 0) is 44.2 Å². The van der Waals surface area contributed by atoms with Crippen molar-refractivity contribution < 1.29 is 9.53 Å². The molecule has 3 fully saturated rings. The van der Waals surface area contributed by atoms with E-state index in [2.05, 4.69) is 35.2 Å². The van der Waals surface area contributed by atoms with Gasteiger partial charge in [-0.25, -0.2) is 0 Å². The minimum Gasteiger partial charge on any atom is -0.357 e. The van der Waals surface area contributed by atoms with Crippen LogP contribution >= 0.6 is 0 Å². The summed E-state index contributed by atoms with van der Waals surface area (Å²) in [7, 11) is 1.94. The minimum absolute atomic E-state index is 0.120. The number of hydrogen-bond acceptors (Lipinski definition) is 3. The molecule has 1 unspecified atom stereocenters. The number of amides is 1. The van der Waals surface area contributed by atoms with Crippen LogP contribution in [0.5, 0.6) is 0 Å². The molecule has 1 aliphatic carbocycles. The average Bonchev–Trinajstić information content (AvgIpc) is 3.33. The van der Waals surface area contributed by atoms with Crippen molar-refractivity contribution in [2.45, 2.75) is 49.9 Å². The van der Waals surface area contributed by atoms with Crippen LogP contribution < -0.4 is 0 Å². The molecular formula is C19H26N2O2. The monoisotopic (exact) mass is 314 g/mol. The van der Waals surface area contributed by atoms with Gasteiger partial charge in [0.25, 0.3) is 5.91 Å². The Balaban J connectivity index is 1.44. The standard InChI is InChI=1S/C19H26N2O2/c1-20-15-18(23-19(9-10-19)17(20)22)8-5-12-21(13-11-18)14-16-6-3-2-4-7-16/h2-4,6-7H,5,8-15H2,1H3. The molecule has 0 aromatic heterocycles. The SMILES string of the molecule is CN1CC2(CCCN(Cc3ccccc3)CC2)OC2(CC2)C1=O. The van der Waals surface area contributed by atoms with Gasteiger partial charge < -0.3 is 9.64 Å². The third-order valence-corrected chi connectivity index (χ3v) is 5.62. The summed E-state index contributed by atoms with van der Waals surface area (Å²) in [5, 5.41) is 0. The average molecular weight is 314 g/mol. The van der Waals surface area contributed by atoms with E-state index in [1.54, 1.807) is 0 Å². The Labute approximate surface area is 138 Å². The number of rotatable bonds is 2. The maximum Gasteiger partial charge on any atom is 0.254 e. The van der Waals surface area contributed by atoms with Crippen molar-refractivity contribution in [3.63, 3.8) is 0 Å². The number of likely N-dealkylation sites (tertiary alicyclic amines) is 1. The maximum atomic E-state index is 12.3. The zero-order valence-corrected chi connectivity index (χ0v) is 14.0. The molecule has 1 amide bonds. The fourth-order valence-electron chi connectivity index (χ4n) is 4.26. The summed E-state index contributed by atoms with van der Waals surface area (Å²) in [5.74, 6) is 0.202. The van der Waals surface area contributed by atoms with Crippen LogP contribution in [0, 0.1) is 0 Å². The highest BCUT2D eigenvalue weighted by molar-refractivity contribution is 5.88. The van der Waals surface area contributed by atoms with Crippen molar-refractivity contribution in [3.8, 4) is 0 Å². The van der Waals surface area contributed by atoms with E-state index in [-0.39, 0.29) is 11.5 Å². The fraction of sp³-hybridized carbons (Fsp3) is 0.632. The van der Waals surface area contributed by atoms with E-state index in [0.717, 1.165) is 58.3 Å². The molecule has 0 bridgehead atoms. The largest absolute Gasteiger partial charge is 0.357 e. The van der Waals surface area contributed by atoms with Crippen molar-refractivity contribution >= 4 is 5.91 Å². The van der Waals surface area contributed by atoms with Crippen LogP contribution in [0.4, 0.5) is 0 Å². The first kappa shape index (κ1) is 15.2. The zero-order valence-electron chi connectivity index (χ0n) is 14.0. The molecule has 0 radical (unpaired) electrons. The summed E-state index contributed by atoms with van der Waals surface area (Å²) in [6, 6.07) is 10.7. The lowest BCUT2D eigenvalue weighted by Crippen LogP contribution is -2.59. The summed E-state index contributed by atoms with van der Waals surface area (Å²) >= 11 is 0. The summed E-state index contributed by atoms with van der Waals surface area (Å²) in [4.78, 5) is 16.8. The minimum atomic E-state index is -0.457. The first-order valence-electron chi connectivity index (χ1n) is 8.83. The molecular weight excluding hydrogens is 288 g/mol. The van der Waals surface area contributed by atoms with Gasteiger partial charge in [0.1, 0.15) is 5.60 Å². The van der Waals surface area contributed by atoms with Crippen LogP contribution in [0.3, 0.4) is 0 Å². The first-order chi connectivity index (χ1) is 11.1. The summed E-state index contributed by atoms with van der Waals surface area (Å²) in [6.07, 6.45) is 5.05. The third-order valence-electron chi connectivity index (χ3n) is 5.62. The van der Waals surface area contributed by atoms with Gasteiger partial charge in [-0.3, -0.25) is 9.69 Å². The van der Waals surface area contributed by atoms with E-state index in [9.17, 15) is 4.79 Å². The van der Waals surface area contributed by atoms with Crippen LogP contribution in [0.15, 0.2) is 30.3 Å². The van der Waals surface area contributed by atoms with Gasteiger partial charge in [-0.2, -0.15) is 0 Å². The molecule has 0 N–H and O–H groups in total. The Bertz CT molecular complexity index is 584. The fourth-order valence-corrected chi connectivity index (χ4v) is 4.26. The normalized spacial score (nSPS) is 30.7. The van der Waals surface area contributed by atoms with E-state index >= 15 is 0 Å². The number of ether oxygens (including phenoxy) is 1. The summed E-state index contributed by atoms with van der Waals surface area (Å²) < 4.78 is 6.46. The number of morpholine rings is 1. The number of likely N-dealkylation sites (N-methyl/N-ethyl adjacent to an activating group) is 1. The maximum absolute atomic E-state index is 12.3. The van der Waals surface area contributed by atoms with Gasteiger partial charge in [0, 0.05) is 26.7 Å². The van der Waals surface area contributed by atoms with Gasteiger partial charge >= 0.3 is 0 Å². The van der Waals surface area contributed by atoms with E-state index < -0.39 is 5.60 Å². The highest BCUT2D eigenvalue weighted by atomic mass is 16.5. The van der Waals surface area contributed by atoms with E-state index in [0.29, 0.717) is 0 Å². The summed E-state index contributed by atoms with van der Waals surface area (Å²) in [6.45, 7) is 3.93. The molecule has 2 saturated heterocycles. The Hall–Kier alpha value is -1.39.